The highest BCUT2D eigenvalue weighted by atomic mass is 35.5. The second-order valence-electron chi connectivity index (χ2n) is 6.27. The van der Waals surface area contributed by atoms with Crippen molar-refractivity contribution in [2.75, 3.05) is 5.32 Å². The average molecular weight is 415 g/mol. The monoisotopic (exact) mass is 414 g/mol. The van der Waals surface area contributed by atoms with Crippen molar-refractivity contribution in [3.63, 3.8) is 0 Å². The Balaban J connectivity index is 1.93. The lowest BCUT2D eigenvalue weighted by Crippen LogP contribution is -2.32. The van der Waals surface area contributed by atoms with E-state index < -0.39 is 23.9 Å². The van der Waals surface area contributed by atoms with Crippen molar-refractivity contribution in [2.24, 2.45) is 0 Å². The fourth-order valence-corrected chi connectivity index (χ4v) is 2.99. The first-order valence-corrected chi connectivity index (χ1v) is 8.77. The quantitative estimate of drug-likeness (QED) is 0.461. The average Bonchev–Trinajstić information content (AvgIpc) is 2.67. The summed E-state index contributed by atoms with van der Waals surface area (Å²) < 4.78 is 0. The van der Waals surface area contributed by atoms with Crippen molar-refractivity contribution >= 4 is 46.2 Å². The Morgan fingerprint density at radius 1 is 0.966 bits per heavy atom. The number of rotatable bonds is 7. The number of halogens is 1. The molecule has 1 unspecified atom stereocenters. The highest BCUT2D eigenvalue weighted by molar-refractivity contribution is 6.31. The van der Waals surface area contributed by atoms with E-state index in [9.17, 15) is 24.6 Å². The largest absolute Gasteiger partial charge is 0.480 e. The Hall–Kier alpha value is -3.65. The standard InChI is InChI=1S/C20H15ClN2O6/c21-13-5-6-15-12(8-13)9-14(19(26)27)17(22-15)23-16(20(28)29)7-10-1-3-11(4-2-10)18(24)25/h1-6,8-9,16H,7H2,(H,22,23)(H,24,25)(H,26,27)(H,28,29). The number of nitrogens with one attached hydrogen (secondary N) is 1. The van der Waals surface area contributed by atoms with E-state index in [1.165, 1.54) is 30.3 Å². The number of hydrogen-bond donors (Lipinski definition) is 4. The minimum Gasteiger partial charge on any atom is -0.480 e. The number of anilines is 1. The van der Waals surface area contributed by atoms with E-state index >= 15 is 0 Å². The number of aliphatic carboxylic acids is 1. The number of pyridine rings is 1. The van der Waals surface area contributed by atoms with Crippen LogP contribution in [0.5, 0.6) is 0 Å². The molecule has 0 radical (unpaired) electrons. The molecule has 1 heterocycles. The Bertz CT molecular complexity index is 1110. The summed E-state index contributed by atoms with van der Waals surface area (Å²) in [7, 11) is 0. The highest BCUT2D eigenvalue weighted by Crippen LogP contribution is 2.24. The zero-order valence-corrected chi connectivity index (χ0v) is 15.6. The normalized spacial score (nSPS) is 11.8. The first kappa shape index (κ1) is 20.1. The van der Waals surface area contributed by atoms with Crippen LogP contribution in [0.25, 0.3) is 10.9 Å². The van der Waals surface area contributed by atoms with Gasteiger partial charge in [0.2, 0.25) is 0 Å². The van der Waals surface area contributed by atoms with Crippen LogP contribution in [-0.2, 0) is 11.2 Å². The number of carboxylic acids is 3. The molecule has 0 aliphatic carbocycles. The molecule has 1 aromatic heterocycles. The van der Waals surface area contributed by atoms with Gasteiger partial charge in [-0.25, -0.2) is 19.4 Å². The van der Waals surface area contributed by atoms with E-state index in [0.29, 0.717) is 21.5 Å². The molecule has 3 rings (SSSR count). The lowest BCUT2D eigenvalue weighted by molar-refractivity contribution is -0.137. The van der Waals surface area contributed by atoms with Gasteiger partial charge >= 0.3 is 17.9 Å². The zero-order chi connectivity index (χ0) is 21.1. The Kier molecular flexibility index (Phi) is 5.65. The topological polar surface area (TPSA) is 137 Å². The summed E-state index contributed by atoms with van der Waals surface area (Å²) >= 11 is 5.93. The second kappa shape index (κ2) is 8.15. The van der Waals surface area contributed by atoms with E-state index in [1.807, 2.05) is 0 Å². The first-order chi connectivity index (χ1) is 13.7. The number of nitrogens with zero attached hydrogens (tertiary/aromatic N) is 1. The molecule has 0 aliphatic rings. The van der Waals surface area contributed by atoms with Gasteiger partial charge in [0.15, 0.2) is 0 Å². The maximum Gasteiger partial charge on any atom is 0.339 e. The molecule has 0 amide bonds. The van der Waals surface area contributed by atoms with Gasteiger partial charge in [0.25, 0.3) is 0 Å². The molecular weight excluding hydrogens is 400 g/mol. The van der Waals surface area contributed by atoms with Crippen molar-refractivity contribution in [2.45, 2.75) is 12.5 Å². The smallest absolute Gasteiger partial charge is 0.339 e. The summed E-state index contributed by atoms with van der Waals surface area (Å²) in [4.78, 5) is 38.6. The van der Waals surface area contributed by atoms with Gasteiger partial charge in [-0.2, -0.15) is 0 Å². The third kappa shape index (κ3) is 4.61. The molecule has 1 atom stereocenters. The fraction of sp³-hybridized carbons (Fsp3) is 0.100. The third-order valence-electron chi connectivity index (χ3n) is 4.26. The van der Waals surface area contributed by atoms with Crippen LogP contribution in [0.1, 0.15) is 26.3 Å². The van der Waals surface area contributed by atoms with E-state index in [-0.39, 0.29) is 23.4 Å². The maximum atomic E-state index is 11.7. The first-order valence-electron chi connectivity index (χ1n) is 8.40. The lowest BCUT2D eigenvalue weighted by atomic mass is 10.0. The van der Waals surface area contributed by atoms with Gasteiger partial charge in [0.05, 0.1) is 11.1 Å². The minimum atomic E-state index is -1.27. The highest BCUT2D eigenvalue weighted by Gasteiger charge is 2.22. The SMILES string of the molecule is O=C(O)c1ccc(CC(Nc2nc3ccc(Cl)cc3cc2C(=O)O)C(=O)O)cc1. The molecule has 0 spiro atoms. The van der Waals surface area contributed by atoms with Crippen molar-refractivity contribution in [1.82, 2.24) is 4.98 Å². The van der Waals surface area contributed by atoms with E-state index in [1.54, 1.807) is 18.2 Å². The van der Waals surface area contributed by atoms with Gasteiger partial charge in [0.1, 0.15) is 17.4 Å². The summed E-state index contributed by atoms with van der Waals surface area (Å²) in [6.45, 7) is 0. The molecular formula is C20H15ClN2O6. The second-order valence-corrected chi connectivity index (χ2v) is 6.70. The van der Waals surface area contributed by atoms with Gasteiger partial charge < -0.3 is 20.6 Å². The van der Waals surface area contributed by atoms with Crippen LogP contribution in [0.2, 0.25) is 5.02 Å². The molecule has 4 N–H and O–H groups in total. The number of carboxylic acid groups (broad SMARTS) is 3. The van der Waals surface area contributed by atoms with Crippen LogP contribution in [-0.4, -0.2) is 44.3 Å². The molecule has 0 aliphatic heterocycles. The summed E-state index contributed by atoms with van der Waals surface area (Å²) in [5.74, 6) is -3.64. The van der Waals surface area contributed by atoms with E-state index in [4.69, 9.17) is 16.7 Å². The molecule has 0 bridgehead atoms. The molecule has 0 saturated carbocycles. The van der Waals surface area contributed by atoms with Gasteiger partial charge in [-0.1, -0.05) is 23.7 Å². The molecule has 148 valence electrons. The fourth-order valence-electron chi connectivity index (χ4n) is 2.80. The van der Waals surface area contributed by atoms with Gasteiger partial charge in [-0.05, 0) is 42.0 Å². The molecule has 29 heavy (non-hydrogen) atoms. The number of aromatic nitrogens is 1. The third-order valence-corrected chi connectivity index (χ3v) is 4.49. The summed E-state index contributed by atoms with van der Waals surface area (Å²) in [5, 5.41) is 31.6. The van der Waals surface area contributed by atoms with Crippen LogP contribution < -0.4 is 5.32 Å². The van der Waals surface area contributed by atoms with E-state index in [2.05, 4.69) is 10.3 Å². The Morgan fingerprint density at radius 2 is 1.66 bits per heavy atom. The summed E-state index contributed by atoms with van der Waals surface area (Å²) in [6.07, 6.45) is -0.00533. The Morgan fingerprint density at radius 3 is 2.24 bits per heavy atom. The minimum absolute atomic E-state index is 0.00533. The van der Waals surface area contributed by atoms with Crippen molar-refractivity contribution < 1.29 is 29.7 Å². The number of carbonyl (C=O) groups is 3. The van der Waals surface area contributed by atoms with Crippen LogP contribution in [0.15, 0.2) is 48.5 Å². The molecule has 9 heteroatoms. The molecule has 3 aromatic rings. The molecule has 0 fully saturated rings. The number of aromatic carboxylic acids is 2. The van der Waals surface area contributed by atoms with Crippen LogP contribution in [0, 0.1) is 0 Å². The summed E-state index contributed by atoms with van der Waals surface area (Å²) in [6, 6.07) is 10.7. The van der Waals surface area contributed by atoms with E-state index in [0.717, 1.165) is 0 Å². The maximum absolute atomic E-state index is 11.7. The van der Waals surface area contributed by atoms with Crippen LogP contribution >= 0.6 is 11.6 Å². The van der Waals surface area contributed by atoms with Gasteiger partial charge in [0, 0.05) is 16.8 Å². The zero-order valence-electron chi connectivity index (χ0n) is 14.8. The predicted octanol–water partition coefficient (Wildman–Crippen LogP) is 3.39. The van der Waals surface area contributed by atoms with Crippen LogP contribution in [0.3, 0.4) is 0 Å². The summed E-state index contributed by atoms with van der Waals surface area (Å²) in [5.41, 5.74) is 0.917. The van der Waals surface area contributed by atoms with Crippen molar-refractivity contribution in [3.05, 3.63) is 70.2 Å². The molecule has 8 nitrogen and oxygen atoms in total. The van der Waals surface area contributed by atoms with Crippen molar-refractivity contribution in [1.29, 1.82) is 0 Å². The Labute approximate surface area is 169 Å². The number of benzene rings is 2. The van der Waals surface area contributed by atoms with Gasteiger partial charge in [-0.3, -0.25) is 0 Å². The molecule has 0 saturated heterocycles. The molecule has 2 aromatic carbocycles. The predicted molar refractivity (Wildman–Crippen MR) is 106 cm³/mol. The van der Waals surface area contributed by atoms with Crippen molar-refractivity contribution in [3.8, 4) is 0 Å². The van der Waals surface area contributed by atoms with Crippen LogP contribution in [0.4, 0.5) is 5.82 Å². The number of fused-ring (bicyclic) bond motifs is 1. The lowest BCUT2D eigenvalue weighted by Gasteiger charge is -2.17. The number of hydrogen-bond acceptors (Lipinski definition) is 5. The van der Waals surface area contributed by atoms with Gasteiger partial charge in [-0.15, -0.1) is 0 Å².